The third-order valence-corrected chi connectivity index (χ3v) is 7.16. The molecule has 204 valence electrons. The van der Waals surface area contributed by atoms with Crippen LogP contribution in [0, 0.1) is 0 Å². The van der Waals surface area contributed by atoms with Gasteiger partial charge in [-0.15, -0.1) is 0 Å². The number of amides is 2. The van der Waals surface area contributed by atoms with E-state index >= 15 is 0 Å². The maximum Gasteiger partial charge on any atom is 0.338 e. The molecule has 4 heterocycles. The molecule has 5 N–H and O–H groups in total. The first kappa shape index (κ1) is 26.2. The summed E-state index contributed by atoms with van der Waals surface area (Å²) in [5, 5.41) is 16.0. The molecule has 2 atom stereocenters. The van der Waals surface area contributed by atoms with Crippen molar-refractivity contribution in [2.75, 3.05) is 54.8 Å². The number of nitrogens with two attached hydrogens (primary N) is 1. The molecule has 2 amide bonds. The van der Waals surface area contributed by atoms with E-state index in [0.717, 1.165) is 32.7 Å². The van der Waals surface area contributed by atoms with Gasteiger partial charge in [0.05, 0.1) is 30.3 Å². The van der Waals surface area contributed by atoms with Crippen LogP contribution in [-0.2, 0) is 9.59 Å². The van der Waals surface area contributed by atoms with Crippen molar-refractivity contribution in [2.45, 2.75) is 19.1 Å². The van der Waals surface area contributed by atoms with Gasteiger partial charge in [-0.25, -0.2) is 9.78 Å². The molecule has 2 unspecified atom stereocenters. The number of piperazine rings is 1. The highest BCUT2D eigenvalue weighted by Gasteiger charge is 2.42. The number of rotatable bonds is 9. The molecule has 1 fully saturated rings. The second-order valence-electron chi connectivity index (χ2n) is 9.56. The number of primary amides is 1. The highest BCUT2D eigenvalue weighted by molar-refractivity contribution is 6.01. The van der Waals surface area contributed by atoms with Gasteiger partial charge in [-0.1, -0.05) is 19.1 Å². The Morgan fingerprint density at radius 1 is 1.13 bits per heavy atom. The number of carbonyl (C=O) groups excluding carboxylic acids is 2. The van der Waals surface area contributed by atoms with Crippen molar-refractivity contribution in [3.05, 3.63) is 71.8 Å². The molecular weight excluding hydrogens is 502 g/mol. The summed E-state index contributed by atoms with van der Waals surface area (Å²) in [4.78, 5) is 48.0. The molecule has 0 saturated carbocycles. The normalized spacial score (nSPS) is 18.3. The van der Waals surface area contributed by atoms with Crippen LogP contribution in [-0.4, -0.2) is 76.9 Å². The molecule has 2 aliphatic heterocycles. The number of anilines is 3. The van der Waals surface area contributed by atoms with Crippen LogP contribution in [0.4, 0.5) is 17.2 Å². The zero-order valence-corrected chi connectivity index (χ0v) is 21.5. The summed E-state index contributed by atoms with van der Waals surface area (Å²) in [5.41, 5.74) is 7.92. The first-order valence-electron chi connectivity index (χ1n) is 12.8. The smallest absolute Gasteiger partial charge is 0.338 e. The van der Waals surface area contributed by atoms with E-state index in [1.54, 1.807) is 35.2 Å². The second-order valence-corrected chi connectivity index (χ2v) is 9.56. The average Bonchev–Trinajstić information content (AvgIpc) is 3.58. The average molecular weight is 534 g/mol. The number of likely N-dealkylation sites (N-methyl/N-ethyl adjacent to an activating group) is 1. The lowest BCUT2D eigenvalue weighted by Gasteiger charge is -2.33. The second kappa shape index (κ2) is 11.1. The van der Waals surface area contributed by atoms with Gasteiger partial charge in [0.15, 0.2) is 5.82 Å². The minimum atomic E-state index is -1.16. The summed E-state index contributed by atoms with van der Waals surface area (Å²) < 4.78 is 5.25. The molecule has 1 saturated heterocycles. The molecule has 1 aromatic carbocycles. The lowest BCUT2D eigenvalue weighted by Crippen LogP contribution is -2.48. The fraction of sp³-hybridized carbons (Fsp3) is 0.333. The number of carbonyl (C=O) groups is 3. The molecule has 12 nitrogen and oxygen atoms in total. The van der Waals surface area contributed by atoms with Gasteiger partial charge >= 0.3 is 5.97 Å². The molecule has 5 rings (SSSR count). The third-order valence-electron chi connectivity index (χ3n) is 7.16. The van der Waals surface area contributed by atoms with E-state index in [-0.39, 0.29) is 17.2 Å². The Kier molecular flexibility index (Phi) is 7.48. The number of benzene rings is 1. The van der Waals surface area contributed by atoms with E-state index in [1.807, 2.05) is 0 Å². The van der Waals surface area contributed by atoms with Gasteiger partial charge in [0, 0.05) is 43.6 Å². The van der Waals surface area contributed by atoms with Crippen molar-refractivity contribution < 1.29 is 23.9 Å². The van der Waals surface area contributed by atoms with Gasteiger partial charge in [0.2, 0.25) is 11.8 Å². The zero-order chi connectivity index (χ0) is 27.5. The minimum absolute atomic E-state index is 0.0200. The first-order valence-corrected chi connectivity index (χ1v) is 12.8. The number of nitrogens with one attached hydrogen (secondary N) is 2. The van der Waals surface area contributed by atoms with Crippen LogP contribution in [0.2, 0.25) is 0 Å². The molecule has 3 aromatic rings. The van der Waals surface area contributed by atoms with Crippen LogP contribution in [0.3, 0.4) is 0 Å². The zero-order valence-electron chi connectivity index (χ0n) is 21.5. The lowest BCUT2D eigenvalue weighted by molar-refractivity contribution is -0.119. The first-order chi connectivity index (χ1) is 18.9. The Bertz CT molecular complexity index is 1340. The van der Waals surface area contributed by atoms with Gasteiger partial charge in [-0.3, -0.25) is 14.5 Å². The van der Waals surface area contributed by atoms with Gasteiger partial charge in [-0.2, -0.15) is 0 Å². The molecule has 2 aliphatic rings. The highest BCUT2D eigenvalue weighted by Crippen LogP contribution is 2.47. The Hall–Kier alpha value is -4.42. The minimum Gasteiger partial charge on any atom is -0.478 e. The van der Waals surface area contributed by atoms with E-state index in [9.17, 15) is 19.5 Å². The number of carboxylic acids is 1. The molecule has 39 heavy (non-hydrogen) atoms. The summed E-state index contributed by atoms with van der Waals surface area (Å²) in [7, 11) is 0. The number of hydrogen-bond acceptors (Lipinski definition) is 9. The van der Waals surface area contributed by atoms with Gasteiger partial charge in [0.1, 0.15) is 12.2 Å². The van der Waals surface area contributed by atoms with Crippen molar-refractivity contribution in [1.82, 2.24) is 14.8 Å². The maximum atomic E-state index is 12.9. The van der Waals surface area contributed by atoms with Crippen LogP contribution in [0.5, 0.6) is 0 Å². The summed E-state index contributed by atoms with van der Waals surface area (Å²) >= 11 is 0. The van der Waals surface area contributed by atoms with Crippen LogP contribution < -0.4 is 21.3 Å². The molecule has 0 bridgehead atoms. The van der Waals surface area contributed by atoms with Crippen molar-refractivity contribution in [2.24, 2.45) is 5.73 Å². The van der Waals surface area contributed by atoms with Gasteiger partial charge in [-0.05, 0) is 36.4 Å². The Balaban J connectivity index is 1.38. The Labute approximate surface area is 225 Å². The molecule has 0 aliphatic carbocycles. The number of hydrogen-bond donors (Lipinski definition) is 4. The monoisotopic (exact) mass is 533 g/mol. The van der Waals surface area contributed by atoms with E-state index in [2.05, 4.69) is 32.3 Å². The number of furan rings is 1. The number of aromatic carboxylic acids is 1. The molecule has 12 heteroatoms. The number of fused-ring (bicyclic) bond motifs is 1. The predicted octanol–water partition coefficient (Wildman–Crippen LogP) is 2.11. The van der Waals surface area contributed by atoms with Crippen LogP contribution in [0.15, 0.2) is 59.5 Å². The summed E-state index contributed by atoms with van der Waals surface area (Å²) in [6.07, 6.45) is 3.74. The molecule has 2 aromatic heterocycles. The third kappa shape index (κ3) is 5.42. The van der Waals surface area contributed by atoms with E-state index in [4.69, 9.17) is 10.2 Å². The predicted molar refractivity (Wildman–Crippen MR) is 144 cm³/mol. The molecule has 0 spiro atoms. The van der Waals surface area contributed by atoms with Crippen molar-refractivity contribution in [1.29, 1.82) is 0 Å². The number of aromatic nitrogens is 1. The number of nitrogens with zero attached hydrogens (tertiary/aromatic N) is 4. The number of pyridine rings is 1. The Morgan fingerprint density at radius 3 is 2.46 bits per heavy atom. The SMILES string of the molecule is CCN1CCN(CC(=O)Nc2ccc(C(C(N)=O)N3c4c(C(=O)O)ccnc4NC3c3ccoc3)cc2)CC1. The molecule has 0 radical (unpaired) electrons. The Morgan fingerprint density at radius 2 is 1.85 bits per heavy atom. The topological polar surface area (TPSA) is 157 Å². The van der Waals surface area contributed by atoms with E-state index < -0.39 is 24.1 Å². The van der Waals surface area contributed by atoms with E-state index in [1.165, 1.54) is 24.8 Å². The van der Waals surface area contributed by atoms with Gasteiger partial charge < -0.3 is 35.7 Å². The maximum absolute atomic E-state index is 12.9. The molecular formula is C27H31N7O5. The standard InChI is InChI=1S/C27H31N7O5/c1-2-32-10-12-33(13-11-32)15-21(35)30-19-5-3-17(4-6-19)22(24(28)36)34-23-20(27(37)38)7-9-29-25(23)31-26(34)18-8-14-39-16-18/h3-9,14,16,22,26H,2,10-13,15H2,1H3,(H2,28,36)(H,29,31)(H,30,35)(H,37,38). The largest absolute Gasteiger partial charge is 0.478 e. The van der Waals surface area contributed by atoms with Crippen LogP contribution in [0.25, 0.3) is 0 Å². The number of carboxylic acid groups (broad SMARTS) is 1. The lowest BCUT2D eigenvalue weighted by atomic mass is 10.0. The van der Waals surface area contributed by atoms with Crippen molar-refractivity contribution in [3.8, 4) is 0 Å². The van der Waals surface area contributed by atoms with Crippen molar-refractivity contribution in [3.63, 3.8) is 0 Å². The van der Waals surface area contributed by atoms with E-state index in [0.29, 0.717) is 29.2 Å². The fourth-order valence-electron chi connectivity index (χ4n) is 5.15. The van der Waals surface area contributed by atoms with Crippen LogP contribution >= 0.6 is 0 Å². The fourth-order valence-corrected chi connectivity index (χ4v) is 5.15. The summed E-state index contributed by atoms with van der Waals surface area (Å²) in [5.74, 6) is -1.64. The van der Waals surface area contributed by atoms with Crippen LogP contribution in [0.1, 0.15) is 40.6 Å². The van der Waals surface area contributed by atoms with Crippen molar-refractivity contribution >= 4 is 35.0 Å². The van der Waals surface area contributed by atoms with Gasteiger partial charge in [0.25, 0.3) is 0 Å². The quantitative estimate of drug-likeness (QED) is 0.321. The highest BCUT2D eigenvalue weighted by atomic mass is 16.4. The summed E-state index contributed by atoms with van der Waals surface area (Å²) in [6.45, 7) is 7.02. The summed E-state index contributed by atoms with van der Waals surface area (Å²) in [6, 6.07) is 8.87.